The van der Waals surface area contributed by atoms with Gasteiger partial charge in [0.05, 0.1) is 31.5 Å². The summed E-state index contributed by atoms with van der Waals surface area (Å²) in [4.78, 5) is 163. The van der Waals surface area contributed by atoms with Crippen LogP contribution in [0.4, 0.5) is 0 Å². The number of imidazole rings is 1. The number of phosphoric ester groups is 1. The number of carbonyl (C=O) groups excluding carboxylic acids is 9. The van der Waals surface area contributed by atoms with Gasteiger partial charge < -0.3 is 82.8 Å². The van der Waals surface area contributed by atoms with Gasteiger partial charge in [-0.05, 0) is 57.4 Å². The molecule has 11 atom stereocenters. The van der Waals surface area contributed by atoms with Crippen LogP contribution in [0.5, 0.6) is 0 Å². The number of aliphatic hydroxyl groups is 2. The maximum atomic E-state index is 14.4. The number of hydrogen-bond acceptors (Lipinski definition) is 16. The van der Waals surface area contributed by atoms with E-state index < -0.39 is 147 Å². The maximum Gasteiger partial charge on any atom is 0.469 e. The molecule has 2 fully saturated rings. The molecule has 3 heterocycles. The quantitative estimate of drug-likeness (QED) is 0.0284. The van der Waals surface area contributed by atoms with E-state index in [2.05, 4.69) is 51.7 Å². The van der Waals surface area contributed by atoms with Crippen molar-refractivity contribution in [3.05, 3.63) is 54.1 Å². The van der Waals surface area contributed by atoms with E-state index in [1.165, 1.54) is 36.2 Å². The van der Waals surface area contributed by atoms with Gasteiger partial charge in [0, 0.05) is 44.7 Å². The lowest BCUT2D eigenvalue weighted by atomic mass is 10.0. The van der Waals surface area contributed by atoms with Gasteiger partial charge in [-0.2, -0.15) is 0 Å². The number of carboxylic acids is 1. The van der Waals surface area contributed by atoms with Crippen LogP contribution in [-0.2, 0) is 69.9 Å². The number of carboxylic acid groups (broad SMARTS) is 1. The number of H-pyrrole nitrogens is 1. The van der Waals surface area contributed by atoms with Crippen LogP contribution in [0.3, 0.4) is 0 Å². The standard InChI is InChI=1S/C47H71N12O17P/c1-24(2)17-30(40(65)53-32(19-29-21-49-23-50-29)42(67)56-34(22-60)43(68)57-38(26(4)76-77(73,74)75)45(70)51-25(3)39(48)64)54-44(69)35-13-9-15-58(35)47(72)36-14-10-16-59(36)46(71)33(20-37(62)63)55-41(66)31(52-27(5)61)18-28-11-7-6-8-12-28/h6-8,11-12,21,23-26,30-36,38-39,60,64H,9-10,13-20,22,48H2,1-5H3,(H,49,50)(H,51,70)(H,52,61)(H,53,65)(H,54,69)(H,55,66)(H,56,67)(H,57,68)(H,62,63)(H2,73,74,75). The van der Waals surface area contributed by atoms with Gasteiger partial charge in [-0.1, -0.05) is 44.2 Å². The van der Waals surface area contributed by atoms with Crippen molar-refractivity contribution in [3.8, 4) is 0 Å². The topological polar surface area (TPSA) is 444 Å². The van der Waals surface area contributed by atoms with Crippen molar-refractivity contribution in [2.75, 3.05) is 19.7 Å². The average molecular weight is 1110 g/mol. The number of aliphatic carboxylic acids is 1. The Balaban J connectivity index is 1.51. The van der Waals surface area contributed by atoms with Crippen LogP contribution in [0.25, 0.3) is 0 Å². The highest BCUT2D eigenvalue weighted by molar-refractivity contribution is 7.46. The van der Waals surface area contributed by atoms with Crippen LogP contribution in [0, 0.1) is 5.92 Å². The number of nitrogens with one attached hydrogen (secondary N) is 8. The Morgan fingerprint density at radius 1 is 0.753 bits per heavy atom. The van der Waals surface area contributed by atoms with Gasteiger partial charge in [-0.15, -0.1) is 0 Å². The van der Waals surface area contributed by atoms with Crippen molar-refractivity contribution < 1.29 is 82.1 Å². The fraction of sp³-hybridized carbons (Fsp3) is 0.596. The van der Waals surface area contributed by atoms with Crippen molar-refractivity contribution in [2.24, 2.45) is 11.7 Å². The van der Waals surface area contributed by atoms with Gasteiger partial charge in [-0.25, -0.2) is 9.55 Å². The normalized spacial score (nSPS) is 19.0. The highest BCUT2D eigenvalue weighted by atomic mass is 31.2. The second-order valence-electron chi connectivity index (χ2n) is 19.3. The van der Waals surface area contributed by atoms with Gasteiger partial charge in [0.1, 0.15) is 54.6 Å². The van der Waals surface area contributed by atoms with Crippen molar-refractivity contribution >= 4 is 67.0 Å². The number of phosphoric acid groups is 1. The largest absolute Gasteiger partial charge is 0.481 e. The Hall–Kier alpha value is -6.88. The lowest BCUT2D eigenvalue weighted by Gasteiger charge is -2.33. The number of nitrogens with zero attached hydrogens (tertiary/aromatic N) is 3. The minimum Gasteiger partial charge on any atom is -0.481 e. The Morgan fingerprint density at radius 3 is 1.88 bits per heavy atom. The summed E-state index contributed by atoms with van der Waals surface area (Å²) >= 11 is 0. The molecule has 2 aliphatic rings. The summed E-state index contributed by atoms with van der Waals surface area (Å²) in [6, 6.07) is -4.24. The number of aromatic amines is 1. The first-order chi connectivity index (χ1) is 36.2. The van der Waals surface area contributed by atoms with Gasteiger partial charge in [0.25, 0.3) is 0 Å². The summed E-state index contributed by atoms with van der Waals surface area (Å²) in [5.74, 6) is -9.61. The maximum absolute atomic E-state index is 14.4. The first kappa shape index (κ1) is 62.7. The fourth-order valence-electron chi connectivity index (χ4n) is 8.80. The Kier molecular flexibility index (Phi) is 23.6. The molecule has 2 aromatic rings. The molecule has 30 heteroatoms. The zero-order valence-corrected chi connectivity index (χ0v) is 44.1. The Labute approximate surface area is 443 Å². The SMILES string of the molecule is CC(=O)NC(Cc1ccccc1)C(=O)NC(CC(=O)O)C(=O)N1CCCC1C(=O)N1CCCC1C(=O)NC(CC(C)C)C(=O)NC(Cc1cnc[nH]1)C(=O)NC(CO)C(=O)NC(C(=O)NC(C)C(N)O)C(C)OP(=O)(O)O. The summed E-state index contributed by atoms with van der Waals surface area (Å²) in [5.41, 5.74) is 6.39. The molecule has 0 saturated carbocycles. The Bertz CT molecular complexity index is 2440. The van der Waals surface area contributed by atoms with Crippen molar-refractivity contribution in [1.82, 2.24) is 57.0 Å². The third-order valence-corrected chi connectivity index (χ3v) is 13.2. The number of benzene rings is 1. The number of amides is 9. The van der Waals surface area contributed by atoms with Crippen LogP contribution in [-0.4, -0.2) is 190 Å². The van der Waals surface area contributed by atoms with Crippen LogP contribution in [0.1, 0.15) is 84.4 Å². The minimum absolute atomic E-state index is 0.00611. The molecule has 0 bridgehead atoms. The summed E-state index contributed by atoms with van der Waals surface area (Å²) in [5, 5.41) is 46.7. The molecule has 9 amide bonds. The molecular formula is C47H71N12O17P. The molecule has 2 aliphatic heterocycles. The molecule has 0 radical (unpaired) electrons. The van der Waals surface area contributed by atoms with E-state index in [1.54, 1.807) is 44.2 Å². The number of nitrogens with two attached hydrogens (primary N) is 1. The Morgan fingerprint density at radius 2 is 1.32 bits per heavy atom. The van der Waals surface area contributed by atoms with Gasteiger partial charge in [-0.3, -0.25) is 52.5 Å². The average Bonchev–Trinajstić information content (AvgIpc) is 4.17. The molecular weight excluding hydrogens is 1040 g/mol. The zero-order chi connectivity index (χ0) is 57.3. The molecule has 0 aliphatic carbocycles. The molecule has 426 valence electrons. The van der Waals surface area contributed by atoms with Crippen LogP contribution >= 0.6 is 7.82 Å². The molecule has 4 rings (SSSR count). The van der Waals surface area contributed by atoms with E-state index in [9.17, 15) is 77.6 Å². The molecule has 29 nitrogen and oxygen atoms in total. The van der Waals surface area contributed by atoms with E-state index in [4.69, 9.17) is 5.73 Å². The lowest BCUT2D eigenvalue weighted by Crippen LogP contribution is -2.62. The predicted octanol–water partition coefficient (Wildman–Crippen LogP) is -4.10. The summed E-state index contributed by atoms with van der Waals surface area (Å²) < 4.78 is 16.3. The molecule has 15 N–H and O–H groups in total. The number of carbonyl (C=O) groups is 10. The van der Waals surface area contributed by atoms with Crippen molar-refractivity contribution in [2.45, 2.75) is 153 Å². The second kappa shape index (κ2) is 29.0. The third kappa shape index (κ3) is 19.3. The first-order valence-corrected chi connectivity index (χ1v) is 26.4. The highest BCUT2D eigenvalue weighted by Gasteiger charge is 2.45. The summed E-state index contributed by atoms with van der Waals surface area (Å²) in [7, 11) is -5.26. The van der Waals surface area contributed by atoms with Gasteiger partial charge >= 0.3 is 13.8 Å². The number of hydrogen-bond donors (Lipinski definition) is 14. The zero-order valence-electron chi connectivity index (χ0n) is 43.2. The molecule has 1 aromatic heterocycles. The van der Waals surface area contributed by atoms with E-state index in [-0.39, 0.29) is 51.1 Å². The monoisotopic (exact) mass is 1110 g/mol. The molecule has 1 aromatic carbocycles. The van der Waals surface area contributed by atoms with E-state index >= 15 is 0 Å². The number of likely N-dealkylation sites (tertiary alicyclic amines) is 2. The second-order valence-corrected chi connectivity index (χ2v) is 20.5. The molecule has 2 saturated heterocycles. The summed E-state index contributed by atoms with van der Waals surface area (Å²) in [6.07, 6.45) is -0.863. The third-order valence-electron chi connectivity index (χ3n) is 12.6. The van der Waals surface area contributed by atoms with Crippen LogP contribution in [0.2, 0.25) is 0 Å². The minimum atomic E-state index is -5.26. The number of aromatic nitrogens is 2. The first-order valence-electron chi connectivity index (χ1n) is 24.9. The van der Waals surface area contributed by atoms with Crippen molar-refractivity contribution in [1.29, 1.82) is 0 Å². The molecule has 77 heavy (non-hydrogen) atoms. The van der Waals surface area contributed by atoms with E-state index in [0.717, 1.165) is 6.92 Å². The smallest absolute Gasteiger partial charge is 0.469 e. The molecule has 0 spiro atoms. The number of rotatable bonds is 28. The van der Waals surface area contributed by atoms with E-state index in [0.29, 0.717) is 24.1 Å². The highest BCUT2D eigenvalue weighted by Crippen LogP contribution is 2.38. The van der Waals surface area contributed by atoms with Crippen LogP contribution in [0.15, 0.2) is 42.9 Å². The lowest BCUT2D eigenvalue weighted by molar-refractivity contribution is -0.149. The van der Waals surface area contributed by atoms with E-state index in [1.807, 2.05) is 0 Å². The van der Waals surface area contributed by atoms with Crippen molar-refractivity contribution in [3.63, 3.8) is 0 Å². The van der Waals surface area contributed by atoms with Gasteiger partial charge in [0.15, 0.2) is 0 Å². The van der Waals surface area contributed by atoms with Crippen LogP contribution < -0.4 is 43.0 Å². The fourth-order valence-corrected chi connectivity index (χ4v) is 9.35. The predicted molar refractivity (Wildman–Crippen MR) is 268 cm³/mol. The number of aliphatic hydroxyl groups excluding tert-OH is 2. The molecule has 11 unspecified atom stereocenters. The van der Waals surface area contributed by atoms with Gasteiger partial charge in [0.2, 0.25) is 53.2 Å². The summed E-state index contributed by atoms with van der Waals surface area (Å²) in [6.45, 7) is 6.02.